The number of hydrogen-bond donors (Lipinski definition) is 1. The molecular weight excluding hydrogens is 567 g/mol. The zero-order valence-corrected chi connectivity index (χ0v) is 22.5. The molecule has 1 saturated carbocycles. The highest BCUT2D eigenvalue weighted by molar-refractivity contribution is 14.1. The molecule has 0 spiro atoms. The molecule has 1 aliphatic carbocycles. The average molecular weight is 596 g/mol. The highest BCUT2D eigenvalue weighted by Crippen LogP contribution is 2.53. The molecule has 0 unspecified atom stereocenters. The zero-order chi connectivity index (χ0) is 24.7. The Morgan fingerprint density at radius 2 is 1.82 bits per heavy atom. The highest BCUT2D eigenvalue weighted by atomic mass is 127. The summed E-state index contributed by atoms with van der Waals surface area (Å²) in [5, 5.41) is 2.66. The Balaban J connectivity index is 1.43. The summed E-state index contributed by atoms with van der Waals surface area (Å²) in [4.78, 5) is 24.8. The number of sulfonamides is 1. The minimum Gasteiger partial charge on any atom is -0.452 e. The van der Waals surface area contributed by atoms with E-state index in [0.717, 1.165) is 22.8 Å². The second kappa shape index (κ2) is 9.23. The lowest BCUT2D eigenvalue weighted by Crippen LogP contribution is -2.37. The molecule has 4 rings (SSSR count). The lowest BCUT2D eigenvalue weighted by atomic mass is 9.65. The second-order valence-corrected chi connectivity index (χ2v) is 13.6. The van der Waals surface area contributed by atoms with Crippen LogP contribution in [0.1, 0.15) is 50.4 Å². The SMILES string of the molecule is CC1(C)C[C@@H]2C[C@@](C)(CN2S(=O)(=O)c2cccc(C(=O)OCC(=O)Nc3ccc(I)cc3)c2)C1. The number of anilines is 1. The number of halogens is 1. The van der Waals surface area contributed by atoms with Crippen molar-refractivity contribution in [1.82, 2.24) is 4.31 Å². The summed E-state index contributed by atoms with van der Waals surface area (Å²) in [7, 11) is -3.77. The zero-order valence-electron chi connectivity index (χ0n) is 19.5. The minimum absolute atomic E-state index is 0.0412. The number of amides is 1. The summed E-state index contributed by atoms with van der Waals surface area (Å²) >= 11 is 2.16. The fourth-order valence-corrected chi connectivity index (χ4v) is 7.73. The molecule has 1 heterocycles. The van der Waals surface area contributed by atoms with Gasteiger partial charge in [0.2, 0.25) is 10.0 Å². The number of esters is 1. The molecule has 1 saturated heterocycles. The van der Waals surface area contributed by atoms with Gasteiger partial charge in [-0.15, -0.1) is 0 Å². The maximum Gasteiger partial charge on any atom is 0.338 e. The van der Waals surface area contributed by atoms with Crippen LogP contribution in [0.2, 0.25) is 0 Å². The third-order valence-corrected chi connectivity index (χ3v) is 9.12. The van der Waals surface area contributed by atoms with Crippen LogP contribution < -0.4 is 5.32 Å². The topological polar surface area (TPSA) is 92.8 Å². The monoisotopic (exact) mass is 596 g/mol. The van der Waals surface area contributed by atoms with Gasteiger partial charge in [0.05, 0.1) is 10.5 Å². The summed E-state index contributed by atoms with van der Waals surface area (Å²) in [6, 6.07) is 13.0. The summed E-state index contributed by atoms with van der Waals surface area (Å²) in [6.07, 6.45) is 2.66. The highest BCUT2D eigenvalue weighted by Gasteiger charge is 2.53. The number of hydrogen-bond acceptors (Lipinski definition) is 5. The van der Waals surface area contributed by atoms with Gasteiger partial charge in [-0.3, -0.25) is 4.79 Å². The summed E-state index contributed by atoms with van der Waals surface area (Å²) in [6.45, 7) is 6.56. The first-order valence-corrected chi connectivity index (χ1v) is 13.7. The molecule has 1 aliphatic heterocycles. The number of rotatable bonds is 6. The first kappa shape index (κ1) is 25.1. The van der Waals surface area contributed by atoms with E-state index in [1.54, 1.807) is 16.4 Å². The van der Waals surface area contributed by atoms with E-state index in [2.05, 4.69) is 48.7 Å². The summed E-state index contributed by atoms with van der Waals surface area (Å²) in [5.74, 6) is -1.22. The van der Waals surface area contributed by atoms with Crippen LogP contribution in [-0.4, -0.2) is 43.8 Å². The Kier molecular flexibility index (Phi) is 6.82. The standard InChI is InChI=1S/C25H29IN2O5S/c1-24(2)12-20-13-25(3,15-24)16-28(20)34(31,32)21-6-4-5-17(11-21)23(30)33-14-22(29)27-19-9-7-18(26)8-10-19/h4-11,20H,12-16H2,1-3H3,(H,27,29)/t20-,25-/m1/s1. The Hall–Kier alpha value is -1.98. The van der Waals surface area contributed by atoms with Crippen LogP contribution in [0.15, 0.2) is 53.4 Å². The molecular formula is C25H29IN2O5S. The van der Waals surface area contributed by atoms with Gasteiger partial charge >= 0.3 is 5.97 Å². The predicted octanol–water partition coefficient (Wildman–Crippen LogP) is 4.68. The fourth-order valence-electron chi connectivity index (χ4n) is 5.55. The van der Waals surface area contributed by atoms with Gasteiger partial charge in [0.25, 0.3) is 5.91 Å². The van der Waals surface area contributed by atoms with Crippen LogP contribution in [0, 0.1) is 14.4 Å². The number of carbonyl (C=O) groups excluding carboxylic acids is 2. The number of carbonyl (C=O) groups is 2. The molecule has 0 radical (unpaired) electrons. The van der Waals surface area contributed by atoms with Crippen molar-refractivity contribution in [2.75, 3.05) is 18.5 Å². The molecule has 2 atom stereocenters. The van der Waals surface area contributed by atoms with Gasteiger partial charge in [-0.2, -0.15) is 4.31 Å². The lowest BCUT2D eigenvalue weighted by Gasteiger charge is -2.39. The first-order chi connectivity index (χ1) is 15.9. The van der Waals surface area contributed by atoms with Crippen LogP contribution in [0.25, 0.3) is 0 Å². The molecule has 2 aliphatic rings. The second-order valence-electron chi connectivity index (χ2n) is 10.4. The largest absolute Gasteiger partial charge is 0.452 e. The van der Waals surface area contributed by atoms with Crippen molar-refractivity contribution in [3.8, 4) is 0 Å². The van der Waals surface area contributed by atoms with Crippen LogP contribution in [0.4, 0.5) is 5.69 Å². The third kappa shape index (κ3) is 5.46. The van der Waals surface area contributed by atoms with Crippen molar-refractivity contribution < 1.29 is 22.7 Å². The molecule has 2 aromatic rings. The first-order valence-electron chi connectivity index (χ1n) is 11.2. The van der Waals surface area contributed by atoms with Gasteiger partial charge in [-0.05, 0) is 95.1 Å². The predicted molar refractivity (Wildman–Crippen MR) is 138 cm³/mol. The van der Waals surface area contributed by atoms with Gasteiger partial charge in [-0.25, -0.2) is 13.2 Å². The Bertz CT molecular complexity index is 1210. The van der Waals surface area contributed by atoms with E-state index in [0.29, 0.717) is 12.2 Å². The van der Waals surface area contributed by atoms with Crippen molar-refractivity contribution in [3.63, 3.8) is 0 Å². The molecule has 7 nitrogen and oxygen atoms in total. The van der Waals surface area contributed by atoms with E-state index >= 15 is 0 Å². The van der Waals surface area contributed by atoms with Crippen molar-refractivity contribution in [2.24, 2.45) is 10.8 Å². The lowest BCUT2D eigenvalue weighted by molar-refractivity contribution is -0.119. The number of ether oxygens (including phenoxy) is 1. The quantitative estimate of drug-likeness (QED) is 0.387. The number of nitrogens with zero attached hydrogens (tertiary/aromatic N) is 1. The van der Waals surface area contributed by atoms with Crippen LogP contribution >= 0.6 is 22.6 Å². The van der Waals surface area contributed by atoms with E-state index in [1.165, 1.54) is 24.3 Å². The van der Waals surface area contributed by atoms with E-state index < -0.39 is 28.5 Å². The Morgan fingerprint density at radius 3 is 2.53 bits per heavy atom. The number of benzene rings is 2. The van der Waals surface area contributed by atoms with Crippen molar-refractivity contribution in [3.05, 3.63) is 57.7 Å². The van der Waals surface area contributed by atoms with Gasteiger partial charge < -0.3 is 10.1 Å². The molecule has 2 bridgehead atoms. The van der Waals surface area contributed by atoms with Gasteiger partial charge in [0.1, 0.15) is 0 Å². The molecule has 2 aromatic carbocycles. The molecule has 9 heteroatoms. The summed E-state index contributed by atoms with van der Waals surface area (Å²) in [5.41, 5.74) is 0.742. The van der Waals surface area contributed by atoms with Crippen molar-refractivity contribution >= 4 is 50.2 Å². The fraction of sp³-hybridized carbons (Fsp3) is 0.440. The maximum atomic E-state index is 13.5. The number of nitrogens with one attached hydrogen (secondary N) is 1. The van der Waals surface area contributed by atoms with Gasteiger partial charge in [0.15, 0.2) is 6.61 Å². The normalized spacial score (nSPS) is 23.9. The third-order valence-electron chi connectivity index (χ3n) is 6.51. The molecule has 2 fully saturated rings. The smallest absolute Gasteiger partial charge is 0.338 e. The molecule has 0 aromatic heterocycles. The van der Waals surface area contributed by atoms with Crippen LogP contribution in [-0.2, 0) is 19.6 Å². The van der Waals surface area contributed by atoms with E-state index in [4.69, 9.17) is 4.74 Å². The van der Waals surface area contributed by atoms with Crippen molar-refractivity contribution in [2.45, 2.75) is 51.0 Å². The Labute approximate surface area is 214 Å². The summed E-state index contributed by atoms with van der Waals surface area (Å²) < 4.78 is 34.8. The molecule has 1 N–H and O–H groups in total. The minimum atomic E-state index is -3.77. The molecule has 34 heavy (non-hydrogen) atoms. The van der Waals surface area contributed by atoms with Gasteiger partial charge in [0, 0.05) is 21.8 Å². The number of fused-ring (bicyclic) bond motifs is 2. The van der Waals surface area contributed by atoms with E-state index in [-0.39, 0.29) is 27.3 Å². The average Bonchev–Trinajstić information content (AvgIpc) is 3.03. The molecule has 182 valence electrons. The van der Waals surface area contributed by atoms with Crippen LogP contribution in [0.5, 0.6) is 0 Å². The van der Waals surface area contributed by atoms with Crippen LogP contribution in [0.3, 0.4) is 0 Å². The van der Waals surface area contributed by atoms with Crippen molar-refractivity contribution in [1.29, 1.82) is 0 Å². The molecule has 1 amide bonds. The van der Waals surface area contributed by atoms with E-state index in [9.17, 15) is 18.0 Å². The Morgan fingerprint density at radius 1 is 1.12 bits per heavy atom. The van der Waals surface area contributed by atoms with Gasteiger partial charge in [-0.1, -0.05) is 26.8 Å². The maximum absolute atomic E-state index is 13.5. The van der Waals surface area contributed by atoms with E-state index in [1.807, 2.05) is 12.1 Å².